The number of halogens is 1. The van der Waals surface area contributed by atoms with Crippen molar-refractivity contribution < 1.29 is 23.5 Å². The highest BCUT2D eigenvalue weighted by Crippen LogP contribution is 2.36. The molecule has 0 bridgehead atoms. The van der Waals surface area contributed by atoms with Crippen LogP contribution in [0.1, 0.15) is 33.3 Å². The first kappa shape index (κ1) is 19.2. The van der Waals surface area contributed by atoms with Gasteiger partial charge < -0.3 is 14.4 Å². The van der Waals surface area contributed by atoms with Crippen molar-refractivity contribution in [1.82, 2.24) is 4.90 Å². The zero-order valence-electron chi connectivity index (χ0n) is 15.3. The fourth-order valence-corrected chi connectivity index (χ4v) is 2.95. The molecule has 25 heavy (non-hydrogen) atoms. The monoisotopic (exact) mass is 351 g/mol. The number of amides is 1. The first-order valence-electron chi connectivity index (χ1n) is 8.53. The summed E-state index contributed by atoms with van der Waals surface area (Å²) in [5.74, 6) is -1.59. The third kappa shape index (κ3) is 4.71. The molecule has 0 spiro atoms. The summed E-state index contributed by atoms with van der Waals surface area (Å²) in [6, 6.07) is 9.35. The lowest BCUT2D eigenvalue weighted by Crippen LogP contribution is -2.45. The van der Waals surface area contributed by atoms with Gasteiger partial charge in [0.2, 0.25) is 5.67 Å². The summed E-state index contributed by atoms with van der Waals surface area (Å²) in [5.41, 5.74) is -2.01. The van der Waals surface area contributed by atoms with Gasteiger partial charge in [-0.2, -0.15) is 0 Å². The predicted molar refractivity (Wildman–Crippen MR) is 91.9 cm³/mol. The number of benzene rings is 1. The molecule has 1 aliphatic rings. The third-order valence-corrected chi connectivity index (χ3v) is 4.10. The molecule has 0 radical (unpaired) electrons. The lowest BCUT2D eigenvalue weighted by atomic mass is 9.87. The fraction of sp³-hybridized carbons (Fsp3) is 0.579. The number of hydrogen-bond acceptors (Lipinski definition) is 4. The van der Waals surface area contributed by atoms with E-state index in [0.717, 1.165) is 5.56 Å². The molecule has 2 unspecified atom stereocenters. The molecular weight excluding hydrogens is 325 g/mol. The smallest absolute Gasteiger partial charge is 0.410 e. The normalized spacial score (nSPS) is 23.4. The van der Waals surface area contributed by atoms with Crippen LogP contribution in [0.15, 0.2) is 30.3 Å². The van der Waals surface area contributed by atoms with E-state index >= 15 is 4.39 Å². The summed E-state index contributed by atoms with van der Waals surface area (Å²) in [6.45, 7) is 6.73. The number of carbonyl (C=O) groups is 2. The van der Waals surface area contributed by atoms with Crippen molar-refractivity contribution in [2.45, 2.75) is 45.4 Å². The van der Waals surface area contributed by atoms with E-state index in [2.05, 4.69) is 0 Å². The maximum absolute atomic E-state index is 15.6. The van der Waals surface area contributed by atoms with Gasteiger partial charge in [-0.3, -0.25) is 0 Å². The van der Waals surface area contributed by atoms with Crippen LogP contribution >= 0.6 is 0 Å². The Kier molecular flexibility index (Phi) is 5.70. The largest absolute Gasteiger partial charge is 0.464 e. The van der Waals surface area contributed by atoms with Crippen molar-refractivity contribution >= 4 is 12.1 Å². The van der Waals surface area contributed by atoms with Crippen molar-refractivity contribution in [3.05, 3.63) is 35.9 Å². The minimum Gasteiger partial charge on any atom is -0.464 e. The number of likely N-dealkylation sites (tertiary alicyclic amines) is 1. The Bertz CT molecular complexity index is 614. The lowest BCUT2D eigenvalue weighted by Gasteiger charge is -2.25. The molecule has 0 aromatic heterocycles. The number of ether oxygens (including phenoxy) is 2. The third-order valence-electron chi connectivity index (χ3n) is 4.10. The van der Waals surface area contributed by atoms with Gasteiger partial charge >= 0.3 is 12.1 Å². The summed E-state index contributed by atoms with van der Waals surface area (Å²) in [5, 5.41) is 0. The molecule has 138 valence electrons. The van der Waals surface area contributed by atoms with Crippen LogP contribution in [0.4, 0.5) is 9.18 Å². The second-order valence-corrected chi connectivity index (χ2v) is 7.33. The van der Waals surface area contributed by atoms with Crippen LogP contribution < -0.4 is 0 Å². The molecule has 2 atom stereocenters. The van der Waals surface area contributed by atoms with Gasteiger partial charge in [0.1, 0.15) is 5.60 Å². The molecule has 1 aliphatic heterocycles. The number of hydrogen-bond donors (Lipinski definition) is 0. The zero-order valence-corrected chi connectivity index (χ0v) is 15.3. The molecule has 0 N–H and O–H groups in total. The molecule has 1 amide bonds. The van der Waals surface area contributed by atoms with E-state index in [0.29, 0.717) is 6.42 Å². The van der Waals surface area contributed by atoms with Crippen LogP contribution in [-0.2, 0) is 20.7 Å². The Labute approximate surface area is 148 Å². The van der Waals surface area contributed by atoms with Crippen LogP contribution in [0.3, 0.4) is 0 Å². The maximum atomic E-state index is 15.6. The molecule has 5 nitrogen and oxygen atoms in total. The Morgan fingerprint density at radius 2 is 1.92 bits per heavy atom. The highest BCUT2D eigenvalue weighted by molar-refractivity contribution is 5.82. The second kappa shape index (κ2) is 7.42. The summed E-state index contributed by atoms with van der Waals surface area (Å²) < 4.78 is 25.8. The molecule has 1 fully saturated rings. The minimum atomic E-state index is -2.23. The average Bonchev–Trinajstić information content (AvgIpc) is 2.86. The second-order valence-electron chi connectivity index (χ2n) is 7.33. The molecule has 2 rings (SSSR count). The number of rotatable bonds is 4. The van der Waals surface area contributed by atoms with E-state index in [4.69, 9.17) is 9.47 Å². The standard InChI is InChI=1S/C19H26FNO4/c1-5-24-16(22)19(20)13-21(17(23)25-18(2,3)4)12-15(19)11-14-9-7-6-8-10-14/h6-10,15H,5,11-13H2,1-4H3. The molecule has 6 heteroatoms. The number of alkyl halides is 1. The predicted octanol–water partition coefficient (Wildman–Crippen LogP) is 3.37. The van der Waals surface area contributed by atoms with Gasteiger partial charge in [0, 0.05) is 12.5 Å². The SMILES string of the molecule is CCOC(=O)C1(F)CN(C(=O)OC(C)(C)C)CC1Cc1ccccc1. The molecule has 1 saturated heterocycles. The van der Waals surface area contributed by atoms with Crippen LogP contribution in [0.25, 0.3) is 0 Å². The molecule has 0 saturated carbocycles. The molecule has 0 aliphatic carbocycles. The molecular formula is C19H26FNO4. The van der Waals surface area contributed by atoms with Crippen LogP contribution in [-0.4, -0.2) is 47.9 Å². The zero-order chi connectivity index (χ0) is 18.7. The highest BCUT2D eigenvalue weighted by atomic mass is 19.1. The number of esters is 1. The lowest BCUT2D eigenvalue weighted by molar-refractivity contribution is -0.159. The minimum absolute atomic E-state index is 0.0923. The topological polar surface area (TPSA) is 55.8 Å². The summed E-state index contributed by atoms with van der Waals surface area (Å²) in [7, 11) is 0. The number of carbonyl (C=O) groups excluding carboxylic acids is 2. The van der Waals surface area contributed by atoms with Gasteiger partial charge in [0.15, 0.2) is 0 Å². The molecule has 1 heterocycles. The van der Waals surface area contributed by atoms with E-state index in [-0.39, 0.29) is 19.7 Å². The van der Waals surface area contributed by atoms with E-state index in [9.17, 15) is 9.59 Å². The van der Waals surface area contributed by atoms with Gasteiger partial charge in [-0.15, -0.1) is 0 Å². The van der Waals surface area contributed by atoms with Crippen molar-refractivity contribution in [1.29, 1.82) is 0 Å². The first-order valence-corrected chi connectivity index (χ1v) is 8.53. The van der Waals surface area contributed by atoms with Crippen molar-refractivity contribution in [2.24, 2.45) is 5.92 Å². The van der Waals surface area contributed by atoms with E-state index in [1.54, 1.807) is 27.7 Å². The fourth-order valence-electron chi connectivity index (χ4n) is 2.95. The Hall–Kier alpha value is -2.11. The van der Waals surface area contributed by atoms with Gasteiger partial charge in [0.25, 0.3) is 0 Å². The average molecular weight is 351 g/mol. The van der Waals surface area contributed by atoms with Crippen molar-refractivity contribution in [3.63, 3.8) is 0 Å². The van der Waals surface area contributed by atoms with E-state index < -0.39 is 29.3 Å². The first-order chi connectivity index (χ1) is 11.7. The quantitative estimate of drug-likeness (QED) is 0.781. The molecule has 1 aromatic rings. The summed E-state index contributed by atoms with van der Waals surface area (Å²) >= 11 is 0. The number of nitrogens with zero attached hydrogens (tertiary/aromatic N) is 1. The Balaban J connectivity index is 2.21. The van der Waals surface area contributed by atoms with Gasteiger partial charge in [-0.05, 0) is 39.7 Å². The van der Waals surface area contributed by atoms with Crippen LogP contribution in [0.2, 0.25) is 0 Å². The summed E-state index contributed by atoms with van der Waals surface area (Å²) in [6.07, 6.45) is -0.274. The molecule has 1 aromatic carbocycles. The van der Waals surface area contributed by atoms with E-state index in [1.165, 1.54) is 4.90 Å². The summed E-state index contributed by atoms with van der Waals surface area (Å²) in [4.78, 5) is 25.8. The van der Waals surface area contributed by atoms with Gasteiger partial charge in [0.05, 0.1) is 13.2 Å². The van der Waals surface area contributed by atoms with Crippen LogP contribution in [0, 0.1) is 5.92 Å². The van der Waals surface area contributed by atoms with E-state index in [1.807, 2.05) is 30.3 Å². The Morgan fingerprint density at radius 3 is 2.48 bits per heavy atom. The van der Waals surface area contributed by atoms with Gasteiger partial charge in [-0.1, -0.05) is 30.3 Å². The van der Waals surface area contributed by atoms with Crippen LogP contribution in [0.5, 0.6) is 0 Å². The Morgan fingerprint density at radius 1 is 1.28 bits per heavy atom. The van der Waals surface area contributed by atoms with Gasteiger partial charge in [-0.25, -0.2) is 14.0 Å². The van der Waals surface area contributed by atoms with Crippen molar-refractivity contribution in [3.8, 4) is 0 Å². The maximum Gasteiger partial charge on any atom is 0.410 e. The highest BCUT2D eigenvalue weighted by Gasteiger charge is 2.55. The van der Waals surface area contributed by atoms with Crippen molar-refractivity contribution in [2.75, 3.05) is 19.7 Å².